The minimum absolute atomic E-state index is 0.410. The first-order chi connectivity index (χ1) is 8.10. The van der Waals surface area contributed by atoms with Crippen LogP contribution in [0, 0.1) is 0 Å². The van der Waals surface area contributed by atoms with Gasteiger partial charge in [-0.2, -0.15) is 0 Å². The van der Waals surface area contributed by atoms with E-state index >= 15 is 0 Å². The van der Waals surface area contributed by atoms with Crippen molar-refractivity contribution < 1.29 is 0 Å². The third-order valence-corrected chi connectivity index (χ3v) is 4.16. The highest BCUT2D eigenvalue weighted by Crippen LogP contribution is 2.23. The van der Waals surface area contributed by atoms with E-state index in [1.54, 1.807) is 0 Å². The van der Waals surface area contributed by atoms with E-state index in [4.69, 9.17) is 0 Å². The predicted octanol–water partition coefficient (Wildman–Crippen LogP) is 3.37. The van der Waals surface area contributed by atoms with Gasteiger partial charge in [-0.15, -0.1) is 0 Å². The first-order valence-corrected chi connectivity index (χ1v) is 7.57. The van der Waals surface area contributed by atoms with Crippen LogP contribution < -0.4 is 0 Å². The average molecular weight is 240 g/mol. The number of unbranched alkanes of at least 4 members (excludes halogenated alkanes) is 2. The number of hydrogen-bond acceptors (Lipinski definition) is 2. The molecule has 0 saturated carbocycles. The van der Waals surface area contributed by atoms with E-state index in [2.05, 4.69) is 37.5 Å². The standard InChI is InChI=1S/C15H32N2/c1-5-7-8-9-15(3,4)17-13-11-16(10-6-2)12-14-17/h5-14H2,1-4H3. The zero-order valence-corrected chi connectivity index (χ0v) is 12.5. The van der Waals surface area contributed by atoms with Crippen LogP contribution in [0.5, 0.6) is 0 Å². The van der Waals surface area contributed by atoms with E-state index in [9.17, 15) is 0 Å². The molecule has 1 heterocycles. The van der Waals surface area contributed by atoms with Gasteiger partial charge in [0.05, 0.1) is 0 Å². The van der Waals surface area contributed by atoms with Crippen molar-refractivity contribution in [2.45, 2.75) is 65.3 Å². The minimum Gasteiger partial charge on any atom is -0.301 e. The molecule has 17 heavy (non-hydrogen) atoms. The van der Waals surface area contributed by atoms with Crippen molar-refractivity contribution in [3.63, 3.8) is 0 Å². The summed E-state index contributed by atoms with van der Waals surface area (Å²) in [6.45, 7) is 15.8. The second kappa shape index (κ2) is 7.38. The molecule has 1 aliphatic heterocycles. The van der Waals surface area contributed by atoms with Crippen LogP contribution in [0.25, 0.3) is 0 Å². The Morgan fingerprint density at radius 1 is 0.882 bits per heavy atom. The highest BCUT2D eigenvalue weighted by molar-refractivity contribution is 4.85. The summed E-state index contributed by atoms with van der Waals surface area (Å²) in [4.78, 5) is 5.31. The molecule has 0 aromatic carbocycles. The lowest BCUT2D eigenvalue weighted by Crippen LogP contribution is -2.54. The van der Waals surface area contributed by atoms with E-state index in [-0.39, 0.29) is 0 Å². The molecule has 0 unspecified atom stereocenters. The number of piperazine rings is 1. The molecule has 2 heteroatoms. The molecule has 102 valence electrons. The Kier molecular flexibility index (Phi) is 6.50. The Morgan fingerprint density at radius 2 is 1.53 bits per heavy atom. The molecular weight excluding hydrogens is 208 g/mol. The molecule has 0 N–H and O–H groups in total. The van der Waals surface area contributed by atoms with Crippen molar-refractivity contribution in [1.82, 2.24) is 9.80 Å². The molecule has 0 aromatic heterocycles. The van der Waals surface area contributed by atoms with Crippen molar-refractivity contribution in [3.05, 3.63) is 0 Å². The Hall–Kier alpha value is -0.0800. The summed E-state index contributed by atoms with van der Waals surface area (Å²) in [6, 6.07) is 0. The summed E-state index contributed by atoms with van der Waals surface area (Å²) in [6.07, 6.45) is 6.76. The second-order valence-corrected chi connectivity index (χ2v) is 6.10. The first-order valence-electron chi connectivity index (χ1n) is 7.57. The van der Waals surface area contributed by atoms with Crippen LogP contribution in [0.2, 0.25) is 0 Å². The third-order valence-electron chi connectivity index (χ3n) is 4.16. The minimum atomic E-state index is 0.410. The quantitative estimate of drug-likeness (QED) is 0.630. The summed E-state index contributed by atoms with van der Waals surface area (Å²) >= 11 is 0. The smallest absolute Gasteiger partial charge is 0.0154 e. The summed E-state index contributed by atoms with van der Waals surface area (Å²) in [7, 11) is 0. The fourth-order valence-corrected chi connectivity index (χ4v) is 2.86. The van der Waals surface area contributed by atoms with Gasteiger partial charge in [-0.1, -0.05) is 33.1 Å². The van der Waals surface area contributed by atoms with Gasteiger partial charge in [0.1, 0.15) is 0 Å². The molecule has 0 radical (unpaired) electrons. The molecule has 1 saturated heterocycles. The zero-order chi connectivity index (χ0) is 12.7. The largest absolute Gasteiger partial charge is 0.301 e. The fraction of sp³-hybridized carbons (Fsp3) is 1.00. The lowest BCUT2D eigenvalue weighted by Gasteiger charge is -2.44. The molecule has 1 fully saturated rings. The molecule has 0 aromatic rings. The van der Waals surface area contributed by atoms with Crippen LogP contribution in [0.15, 0.2) is 0 Å². The van der Waals surface area contributed by atoms with Crippen LogP contribution in [0.4, 0.5) is 0 Å². The van der Waals surface area contributed by atoms with Gasteiger partial charge >= 0.3 is 0 Å². The summed E-state index contributed by atoms with van der Waals surface area (Å²) in [5.74, 6) is 0. The fourth-order valence-electron chi connectivity index (χ4n) is 2.86. The average Bonchev–Trinajstić information content (AvgIpc) is 2.30. The molecule has 0 aliphatic carbocycles. The topological polar surface area (TPSA) is 6.48 Å². The van der Waals surface area contributed by atoms with E-state index in [1.807, 2.05) is 0 Å². The van der Waals surface area contributed by atoms with Gasteiger partial charge in [-0.25, -0.2) is 0 Å². The SMILES string of the molecule is CCCCCC(C)(C)N1CCN(CCC)CC1. The van der Waals surface area contributed by atoms with Gasteiger partial charge in [0.2, 0.25) is 0 Å². The van der Waals surface area contributed by atoms with Gasteiger partial charge < -0.3 is 4.90 Å². The number of nitrogens with zero attached hydrogens (tertiary/aromatic N) is 2. The Labute approximate surface area is 108 Å². The van der Waals surface area contributed by atoms with Crippen molar-refractivity contribution in [2.24, 2.45) is 0 Å². The molecular formula is C15H32N2. The molecule has 1 rings (SSSR count). The molecule has 0 bridgehead atoms. The zero-order valence-electron chi connectivity index (χ0n) is 12.5. The van der Waals surface area contributed by atoms with Crippen LogP contribution in [-0.4, -0.2) is 48.1 Å². The van der Waals surface area contributed by atoms with Crippen molar-refractivity contribution in [1.29, 1.82) is 0 Å². The number of rotatable bonds is 7. The summed E-state index contributed by atoms with van der Waals surface area (Å²) in [5.41, 5.74) is 0.410. The first kappa shape index (κ1) is 15.0. The van der Waals surface area contributed by atoms with E-state index in [0.29, 0.717) is 5.54 Å². The van der Waals surface area contributed by atoms with Crippen LogP contribution in [-0.2, 0) is 0 Å². The predicted molar refractivity (Wildman–Crippen MR) is 76.5 cm³/mol. The summed E-state index contributed by atoms with van der Waals surface area (Å²) in [5, 5.41) is 0. The molecule has 0 atom stereocenters. The van der Waals surface area contributed by atoms with Gasteiger partial charge in [-0.05, 0) is 33.2 Å². The maximum absolute atomic E-state index is 2.70. The summed E-state index contributed by atoms with van der Waals surface area (Å²) < 4.78 is 0. The van der Waals surface area contributed by atoms with Gasteiger partial charge in [-0.3, -0.25) is 4.90 Å². The Bertz CT molecular complexity index is 193. The highest BCUT2D eigenvalue weighted by atomic mass is 15.3. The van der Waals surface area contributed by atoms with E-state index in [1.165, 1.54) is 64.8 Å². The maximum Gasteiger partial charge on any atom is 0.0154 e. The lowest BCUT2D eigenvalue weighted by atomic mass is 9.94. The van der Waals surface area contributed by atoms with Gasteiger partial charge in [0, 0.05) is 31.7 Å². The van der Waals surface area contributed by atoms with Gasteiger partial charge in [0.25, 0.3) is 0 Å². The van der Waals surface area contributed by atoms with Crippen molar-refractivity contribution >= 4 is 0 Å². The van der Waals surface area contributed by atoms with Crippen molar-refractivity contribution in [3.8, 4) is 0 Å². The number of hydrogen-bond donors (Lipinski definition) is 0. The maximum atomic E-state index is 2.70. The normalized spacial score (nSPS) is 19.8. The highest BCUT2D eigenvalue weighted by Gasteiger charge is 2.28. The third kappa shape index (κ3) is 4.97. The van der Waals surface area contributed by atoms with Crippen LogP contribution in [0.3, 0.4) is 0 Å². The lowest BCUT2D eigenvalue weighted by molar-refractivity contribution is 0.0459. The molecule has 1 aliphatic rings. The van der Waals surface area contributed by atoms with Crippen molar-refractivity contribution in [2.75, 3.05) is 32.7 Å². The van der Waals surface area contributed by atoms with E-state index in [0.717, 1.165) is 0 Å². The van der Waals surface area contributed by atoms with Gasteiger partial charge in [0.15, 0.2) is 0 Å². The Balaban J connectivity index is 2.30. The Morgan fingerprint density at radius 3 is 2.06 bits per heavy atom. The van der Waals surface area contributed by atoms with E-state index < -0.39 is 0 Å². The molecule has 2 nitrogen and oxygen atoms in total. The monoisotopic (exact) mass is 240 g/mol. The van der Waals surface area contributed by atoms with Crippen LogP contribution in [0.1, 0.15) is 59.8 Å². The molecule has 0 amide bonds. The molecule has 0 spiro atoms. The van der Waals surface area contributed by atoms with Crippen LogP contribution >= 0.6 is 0 Å². The second-order valence-electron chi connectivity index (χ2n) is 6.10.